The maximum atomic E-state index is 13.7. The Labute approximate surface area is 173 Å². The number of hydrogen-bond acceptors (Lipinski definition) is 3. The van der Waals surface area contributed by atoms with Gasteiger partial charge in [0, 0.05) is 24.5 Å². The van der Waals surface area contributed by atoms with Crippen LogP contribution in [-0.4, -0.2) is 17.8 Å². The molecule has 0 bridgehead atoms. The van der Waals surface area contributed by atoms with Gasteiger partial charge in [0.1, 0.15) is 0 Å². The quantitative estimate of drug-likeness (QED) is 0.598. The Morgan fingerprint density at radius 2 is 1.70 bits per heavy atom. The Hall–Kier alpha value is -2.93. The first-order valence-electron chi connectivity index (χ1n) is 9.93. The molecule has 3 aromatic rings. The number of nitrogens with one attached hydrogen (secondary N) is 1. The summed E-state index contributed by atoms with van der Waals surface area (Å²) >= 11 is 0. The summed E-state index contributed by atoms with van der Waals surface area (Å²) in [5.74, 6) is 1.25. The molecule has 1 N–H and O–H groups in total. The van der Waals surface area contributed by atoms with Crippen molar-refractivity contribution in [3.05, 3.63) is 77.1 Å². The molecule has 0 saturated heterocycles. The lowest BCUT2D eigenvalue weighted by atomic mass is 9.97. The monoisotopic (exact) mass is 416 g/mol. The molecule has 30 heavy (non-hydrogen) atoms. The van der Waals surface area contributed by atoms with Crippen molar-refractivity contribution in [3.8, 4) is 17.2 Å². The molecule has 0 aliphatic carbocycles. The van der Waals surface area contributed by atoms with Gasteiger partial charge in [-0.05, 0) is 49.2 Å². The molecule has 1 aliphatic heterocycles. The zero-order valence-corrected chi connectivity index (χ0v) is 16.8. The second-order valence-corrected chi connectivity index (χ2v) is 7.00. The fourth-order valence-corrected chi connectivity index (χ4v) is 3.94. The third-order valence-electron chi connectivity index (χ3n) is 5.15. The van der Waals surface area contributed by atoms with Crippen LogP contribution in [0.15, 0.2) is 54.7 Å². The minimum atomic E-state index is -4.43. The van der Waals surface area contributed by atoms with Gasteiger partial charge in [-0.1, -0.05) is 18.2 Å². The SMILES string of the molecule is CCOc1cc2c(cc1OCC)-n1cccc1[C@@H](c1ccccc1C(F)(F)F)NC2. The van der Waals surface area contributed by atoms with Gasteiger partial charge in [0.05, 0.1) is 30.5 Å². The van der Waals surface area contributed by atoms with Crippen LogP contribution in [0.5, 0.6) is 11.5 Å². The summed E-state index contributed by atoms with van der Waals surface area (Å²) in [6, 6.07) is 12.6. The van der Waals surface area contributed by atoms with Gasteiger partial charge in [0.15, 0.2) is 11.5 Å². The van der Waals surface area contributed by atoms with Crippen molar-refractivity contribution in [2.45, 2.75) is 32.6 Å². The van der Waals surface area contributed by atoms with E-state index in [1.54, 1.807) is 6.07 Å². The lowest BCUT2D eigenvalue weighted by Gasteiger charge is -2.22. The molecule has 0 radical (unpaired) electrons. The van der Waals surface area contributed by atoms with E-state index in [2.05, 4.69) is 5.32 Å². The average Bonchev–Trinajstić information content (AvgIpc) is 3.14. The molecule has 7 heteroatoms. The van der Waals surface area contributed by atoms with E-state index < -0.39 is 17.8 Å². The number of fused-ring (bicyclic) bond motifs is 3. The first-order chi connectivity index (χ1) is 14.4. The van der Waals surface area contributed by atoms with Gasteiger partial charge in [-0.2, -0.15) is 13.2 Å². The highest BCUT2D eigenvalue weighted by Crippen LogP contribution is 2.40. The highest BCUT2D eigenvalue weighted by molar-refractivity contribution is 5.57. The summed E-state index contributed by atoms with van der Waals surface area (Å²) < 4.78 is 54.4. The molecule has 2 heterocycles. The number of hydrogen-bond donors (Lipinski definition) is 1. The Kier molecular flexibility index (Phi) is 5.47. The number of nitrogens with zero attached hydrogens (tertiary/aromatic N) is 1. The fourth-order valence-electron chi connectivity index (χ4n) is 3.94. The van der Waals surface area contributed by atoms with Crippen LogP contribution in [0, 0.1) is 0 Å². The van der Waals surface area contributed by atoms with Gasteiger partial charge in [-0.15, -0.1) is 0 Å². The molecule has 158 valence electrons. The van der Waals surface area contributed by atoms with Crippen molar-refractivity contribution < 1.29 is 22.6 Å². The Bertz CT molecular complexity index is 1040. The van der Waals surface area contributed by atoms with Crippen LogP contribution in [-0.2, 0) is 12.7 Å². The van der Waals surface area contributed by atoms with Crippen LogP contribution in [0.1, 0.15) is 42.3 Å². The molecule has 4 rings (SSSR count). The summed E-state index contributed by atoms with van der Waals surface area (Å²) in [4.78, 5) is 0. The van der Waals surface area contributed by atoms with Crippen molar-refractivity contribution in [2.75, 3.05) is 13.2 Å². The Morgan fingerprint density at radius 3 is 2.40 bits per heavy atom. The molecule has 1 aromatic heterocycles. The first kappa shape index (κ1) is 20.3. The molecule has 0 amide bonds. The largest absolute Gasteiger partial charge is 0.490 e. The summed E-state index contributed by atoms with van der Waals surface area (Å²) in [5.41, 5.74) is 2.09. The minimum absolute atomic E-state index is 0.202. The third kappa shape index (κ3) is 3.65. The molecule has 0 saturated carbocycles. The summed E-state index contributed by atoms with van der Waals surface area (Å²) in [6.07, 6.45) is -2.57. The van der Waals surface area contributed by atoms with Gasteiger partial charge in [0.25, 0.3) is 0 Å². The van der Waals surface area contributed by atoms with Crippen molar-refractivity contribution in [1.82, 2.24) is 9.88 Å². The van der Waals surface area contributed by atoms with Crippen molar-refractivity contribution in [3.63, 3.8) is 0 Å². The van der Waals surface area contributed by atoms with E-state index in [9.17, 15) is 13.2 Å². The van der Waals surface area contributed by atoms with E-state index in [0.717, 1.165) is 23.0 Å². The number of ether oxygens (including phenoxy) is 2. The van der Waals surface area contributed by atoms with E-state index in [0.29, 0.717) is 31.3 Å². The van der Waals surface area contributed by atoms with Gasteiger partial charge < -0.3 is 19.4 Å². The number of benzene rings is 2. The molecule has 0 spiro atoms. The smallest absolute Gasteiger partial charge is 0.416 e. The van der Waals surface area contributed by atoms with Crippen molar-refractivity contribution >= 4 is 0 Å². The van der Waals surface area contributed by atoms with E-state index in [1.807, 2.05) is 48.9 Å². The van der Waals surface area contributed by atoms with Crippen molar-refractivity contribution in [1.29, 1.82) is 0 Å². The Morgan fingerprint density at radius 1 is 1.00 bits per heavy atom. The lowest BCUT2D eigenvalue weighted by Crippen LogP contribution is -2.24. The van der Waals surface area contributed by atoms with Gasteiger partial charge in [-0.25, -0.2) is 0 Å². The van der Waals surface area contributed by atoms with Gasteiger partial charge in [0.2, 0.25) is 0 Å². The molecule has 1 aliphatic rings. The number of alkyl halides is 3. The Balaban J connectivity index is 1.85. The van der Waals surface area contributed by atoms with Gasteiger partial charge >= 0.3 is 6.18 Å². The van der Waals surface area contributed by atoms with E-state index in [1.165, 1.54) is 12.1 Å². The summed E-state index contributed by atoms with van der Waals surface area (Å²) in [7, 11) is 0. The zero-order valence-electron chi connectivity index (χ0n) is 16.8. The normalized spacial score (nSPS) is 15.8. The minimum Gasteiger partial charge on any atom is -0.490 e. The zero-order chi connectivity index (χ0) is 21.3. The van der Waals surface area contributed by atoms with Gasteiger partial charge in [-0.3, -0.25) is 0 Å². The summed E-state index contributed by atoms with van der Waals surface area (Å²) in [6.45, 7) is 5.15. The van der Waals surface area contributed by atoms with Crippen molar-refractivity contribution in [2.24, 2.45) is 0 Å². The average molecular weight is 416 g/mol. The number of rotatable bonds is 5. The maximum Gasteiger partial charge on any atom is 0.416 e. The van der Waals surface area contributed by atoms with Crippen LogP contribution in [0.25, 0.3) is 5.69 Å². The van der Waals surface area contributed by atoms with E-state index in [-0.39, 0.29) is 5.56 Å². The van der Waals surface area contributed by atoms with E-state index >= 15 is 0 Å². The predicted octanol–water partition coefficient (Wildman–Crippen LogP) is 5.49. The maximum absolute atomic E-state index is 13.7. The number of aromatic nitrogens is 1. The van der Waals surface area contributed by atoms with Crippen LogP contribution in [0.3, 0.4) is 0 Å². The van der Waals surface area contributed by atoms with Crippen LogP contribution in [0.4, 0.5) is 13.2 Å². The van der Waals surface area contributed by atoms with E-state index in [4.69, 9.17) is 9.47 Å². The highest BCUT2D eigenvalue weighted by atomic mass is 19.4. The molecular weight excluding hydrogens is 393 g/mol. The van der Waals surface area contributed by atoms with Crippen LogP contribution in [0.2, 0.25) is 0 Å². The molecular formula is C23H23F3N2O2. The number of halogens is 3. The lowest BCUT2D eigenvalue weighted by molar-refractivity contribution is -0.138. The topological polar surface area (TPSA) is 35.4 Å². The molecule has 2 aromatic carbocycles. The molecule has 1 atom stereocenters. The van der Waals surface area contributed by atoms with Crippen LogP contribution >= 0.6 is 0 Å². The standard InChI is InChI=1S/C23H23F3N2O2/c1-3-29-20-12-15-14-27-22(16-8-5-6-9-17(16)23(24,25)26)18-10-7-11-28(18)19(15)13-21(20)30-4-2/h5-13,22,27H,3-4,14H2,1-2H3/t22-/m1/s1. The molecule has 4 nitrogen and oxygen atoms in total. The highest BCUT2D eigenvalue weighted by Gasteiger charge is 2.36. The fraction of sp³-hybridized carbons (Fsp3) is 0.304. The predicted molar refractivity (Wildman–Crippen MR) is 108 cm³/mol. The molecule has 0 unspecified atom stereocenters. The summed E-state index contributed by atoms with van der Waals surface area (Å²) in [5, 5.41) is 3.31. The third-order valence-corrected chi connectivity index (χ3v) is 5.15. The molecule has 0 fully saturated rings. The second-order valence-electron chi connectivity index (χ2n) is 7.00. The van der Waals surface area contributed by atoms with Crippen LogP contribution < -0.4 is 14.8 Å². The second kappa shape index (κ2) is 8.07. The first-order valence-corrected chi connectivity index (χ1v) is 9.93.